The Hall–Kier alpha value is -4.05. The first-order valence-electron chi connectivity index (χ1n) is 11.6. The van der Waals surface area contributed by atoms with Gasteiger partial charge in [0, 0.05) is 11.4 Å². The second-order valence-electron chi connectivity index (χ2n) is 8.17. The lowest BCUT2D eigenvalue weighted by Gasteiger charge is -2.15. The summed E-state index contributed by atoms with van der Waals surface area (Å²) in [6, 6.07) is 16.3. The second-order valence-corrected chi connectivity index (χ2v) is 9.33. The highest BCUT2D eigenvalue weighted by Crippen LogP contribution is 2.35. The number of halogens is 4. The minimum atomic E-state index is -4.58. The fraction of sp³-hybridized carbons (Fsp3) is 0.179. The van der Waals surface area contributed by atoms with Crippen molar-refractivity contribution < 1.29 is 32.2 Å². The smallest absolute Gasteiger partial charge is 0.416 e. The van der Waals surface area contributed by atoms with Crippen LogP contribution in [0.5, 0.6) is 11.5 Å². The molecule has 0 spiro atoms. The molecule has 202 valence electrons. The topological polar surface area (TPSA) is 100 Å². The van der Waals surface area contributed by atoms with Gasteiger partial charge in [0.05, 0.1) is 15.7 Å². The molecule has 7 nitrogen and oxygen atoms in total. The van der Waals surface area contributed by atoms with Gasteiger partial charge in [-0.25, -0.2) is 0 Å². The van der Waals surface area contributed by atoms with E-state index in [9.17, 15) is 28.0 Å². The number of benzene rings is 3. The number of hydrogen-bond acceptors (Lipinski definition) is 5. The first-order valence-corrected chi connectivity index (χ1v) is 12.6. The molecule has 2 amide bonds. The molecular weight excluding hydrogens is 626 g/mol. The molecule has 39 heavy (non-hydrogen) atoms. The predicted octanol–water partition coefficient (Wildman–Crippen LogP) is 6.58. The fourth-order valence-corrected chi connectivity index (χ4v) is 4.20. The van der Waals surface area contributed by atoms with E-state index in [0.29, 0.717) is 20.6 Å². The third-order valence-electron chi connectivity index (χ3n) is 5.10. The van der Waals surface area contributed by atoms with Crippen molar-refractivity contribution in [1.82, 2.24) is 0 Å². The van der Waals surface area contributed by atoms with Crippen molar-refractivity contribution in [3.05, 3.63) is 86.5 Å². The predicted molar refractivity (Wildman–Crippen MR) is 149 cm³/mol. The van der Waals surface area contributed by atoms with Gasteiger partial charge < -0.3 is 20.1 Å². The third kappa shape index (κ3) is 8.47. The van der Waals surface area contributed by atoms with Gasteiger partial charge in [0.25, 0.3) is 11.8 Å². The molecule has 0 atom stereocenters. The highest BCUT2D eigenvalue weighted by molar-refractivity contribution is 14.1. The van der Waals surface area contributed by atoms with Gasteiger partial charge in [-0.1, -0.05) is 18.2 Å². The zero-order valence-electron chi connectivity index (χ0n) is 20.9. The monoisotopic (exact) mass is 649 g/mol. The van der Waals surface area contributed by atoms with E-state index in [1.165, 1.54) is 18.2 Å². The summed E-state index contributed by atoms with van der Waals surface area (Å²) >= 11 is 1.98. The maximum absolute atomic E-state index is 13.0. The molecule has 3 rings (SSSR count). The Kier molecular flexibility index (Phi) is 9.95. The number of nitrogens with one attached hydrogen (secondary N) is 2. The first kappa shape index (κ1) is 29.5. The van der Waals surface area contributed by atoms with Crippen LogP contribution >= 0.6 is 22.6 Å². The molecule has 2 N–H and O–H groups in total. The van der Waals surface area contributed by atoms with Gasteiger partial charge in [0.2, 0.25) is 0 Å². The largest absolute Gasteiger partial charge is 0.490 e. The lowest BCUT2D eigenvalue weighted by atomic mass is 10.1. The maximum atomic E-state index is 13.0. The van der Waals surface area contributed by atoms with Crippen LogP contribution in [0.15, 0.2) is 66.2 Å². The summed E-state index contributed by atoms with van der Waals surface area (Å²) in [5, 5.41) is 14.6. The van der Waals surface area contributed by atoms with Crippen LogP contribution in [-0.2, 0) is 15.8 Å². The van der Waals surface area contributed by atoms with Crippen LogP contribution in [-0.4, -0.2) is 25.0 Å². The van der Waals surface area contributed by atoms with E-state index < -0.39 is 17.6 Å². The SMILES string of the molecule is CCOc1cc(/C=C(\C#N)C(=O)Nc2cccc(C(F)(F)F)c2)cc(I)c1OCC(=O)Nc1cccc(C)c1. The van der Waals surface area contributed by atoms with Crippen LogP contribution in [0.3, 0.4) is 0 Å². The second kappa shape index (κ2) is 13.1. The molecule has 0 aliphatic heterocycles. The zero-order valence-corrected chi connectivity index (χ0v) is 23.0. The van der Waals surface area contributed by atoms with E-state index in [1.807, 2.05) is 47.7 Å². The fourth-order valence-electron chi connectivity index (χ4n) is 3.42. The van der Waals surface area contributed by atoms with Crippen molar-refractivity contribution in [3.63, 3.8) is 0 Å². The van der Waals surface area contributed by atoms with E-state index in [0.717, 1.165) is 23.8 Å². The molecule has 3 aromatic rings. The van der Waals surface area contributed by atoms with Crippen molar-refractivity contribution in [2.24, 2.45) is 0 Å². The number of nitriles is 1. The van der Waals surface area contributed by atoms with Gasteiger partial charge in [-0.3, -0.25) is 9.59 Å². The minimum Gasteiger partial charge on any atom is -0.490 e. The van der Waals surface area contributed by atoms with Crippen LogP contribution in [0.4, 0.5) is 24.5 Å². The van der Waals surface area contributed by atoms with Crippen molar-refractivity contribution in [1.29, 1.82) is 5.26 Å². The Morgan fingerprint density at radius 3 is 2.36 bits per heavy atom. The number of anilines is 2. The molecule has 0 bridgehead atoms. The third-order valence-corrected chi connectivity index (χ3v) is 5.91. The summed E-state index contributed by atoms with van der Waals surface area (Å²) < 4.78 is 50.9. The molecule has 11 heteroatoms. The molecule has 0 saturated carbocycles. The van der Waals surface area contributed by atoms with E-state index >= 15 is 0 Å². The molecule has 0 unspecified atom stereocenters. The van der Waals surface area contributed by atoms with Crippen molar-refractivity contribution >= 4 is 51.9 Å². The van der Waals surface area contributed by atoms with Crippen LogP contribution in [0.1, 0.15) is 23.6 Å². The summed E-state index contributed by atoms with van der Waals surface area (Å²) in [5.74, 6) is -0.658. The van der Waals surface area contributed by atoms with Gasteiger partial charge in [-0.2, -0.15) is 18.4 Å². The summed E-state index contributed by atoms with van der Waals surface area (Å²) in [6.45, 7) is 3.65. The normalized spacial score (nSPS) is 11.4. The van der Waals surface area contributed by atoms with Crippen molar-refractivity contribution in [2.75, 3.05) is 23.8 Å². The minimum absolute atomic E-state index is 0.103. The maximum Gasteiger partial charge on any atom is 0.416 e. The molecule has 0 heterocycles. The Balaban J connectivity index is 1.78. The van der Waals surface area contributed by atoms with E-state index in [4.69, 9.17) is 9.47 Å². The molecule has 0 aliphatic carbocycles. The number of ether oxygens (including phenoxy) is 2. The number of amides is 2. The number of rotatable bonds is 9. The highest BCUT2D eigenvalue weighted by Gasteiger charge is 2.30. The van der Waals surface area contributed by atoms with Gasteiger partial charge in [0.15, 0.2) is 18.1 Å². The van der Waals surface area contributed by atoms with E-state index in [1.54, 1.807) is 25.1 Å². The Labute approximate surface area is 236 Å². The van der Waals surface area contributed by atoms with Crippen LogP contribution in [0.2, 0.25) is 0 Å². The van der Waals surface area contributed by atoms with Crippen LogP contribution in [0, 0.1) is 21.8 Å². The molecule has 0 fully saturated rings. The van der Waals surface area contributed by atoms with E-state index in [-0.39, 0.29) is 36.1 Å². The zero-order chi connectivity index (χ0) is 28.6. The number of hydrogen-bond donors (Lipinski definition) is 2. The lowest BCUT2D eigenvalue weighted by molar-refractivity contribution is -0.137. The number of nitrogens with zero attached hydrogens (tertiary/aromatic N) is 1. The summed E-state index contributed by atoms with van der Waals surface area (Å²) in [4.78, 5) is 25.0. The Morgan fingerprint density at radius 1 is 1.03 bits per heavy atom. The van der Waals surface area contributed by atoms with Gasteiger partial charge >= 0.3 is 6.18 Å². The Bertz CT molecular complexity index is 1450. The Morgan fingerprint density at radius 2 is 1.72 bits per heavy atom. The standard InChI is InChI=1S/C28H23F3IN3O4/c1-3-38-24-13-18(11-19(15-33)27(37)35-22-9-5-7-20(14-22)28(29,30)31)12-23(32)26(24)39-16-25(36)34-21-8-4-6-17(2)10-21/h4-14H,3,16H2,1-2H3,(H,34,36)(H,35,37)/b19-11+. The average molecular weight is 649 g/mol. The van der Waals surface area contributed by atoms with Crippen molar-refractivity contribution in [2.45, 2.75) is 20.0 Å². The molecule has 3 aromatic carbocycles. The molecule has 0 radical (unpaired) electrons. The van der Waals surface area contributed by atoms with Gasteiger partial charge in [-0.05, 0) is 96.1 Å². The molecule has 0 aliphatic rings. The molecule has 0 aromatic heterocycles. The molecular formula is C28H23F3IN3O4. The number of alkyl halides is 3. The summed E-state index contributed by atoms with van der Waals surface area (Å²) in [7, 11) is 0. The van der Waals surface area contributed by atoms with Crippen molar-refractivity contribution in [3.8, 4) is 17.6 Å². The number of carbonyl (C=O) groups excluding carboxylic acids is 2. The van der Waals surface area contributed by atoms with E-state index in [2.05, 4.69) is 10.6 Å². The molecule has 0 saturated heterocycles. The lowest BCUT2D eigenvalue weighted by Crippen LogP contribution is -2.20. The number of carbonyl (C=O) groups is 2. The van der Waals surface area contributed by atoms with Gasteiger partial charge in [0.1, 0.15) is 11.6 Å². The first-order chi connectivity index (χ1) is 18.5. The number of aryl methyl sites for hydroxylation is 1. The summed E-state index contributed by atoms with van der Waals surface area (Å²) in [6.07, 6.45) is -3.30. The van der Waals surface area contributed by atoms with Gasteiger partial charge in [-0.15, -0.1) is 0 Å². The quantitative estimate of drug-likeness (QED) is 0.155. The van der Waals surface area contributed by atoms with Crippen LogP contribution < -0.4 is 20.1 Å². The van der Waals surface area contributed by atoms with Crippen LogP contribution in [0.25, 0.3) is 6.08 Å². The average Bonchev–Trinajstić information content (AvgIpc) is 2.86. The summed E-state index contributed by atoms with van der Waals surface area (Å²) in [5.41, 5.74) is 0.671. The highest BCUT2D eigenvalue weighted by atomic mass is 127.